The summed E-state index contributed by atoms with van der Waals surface area (Å²) < 4.78 is 17.2. The van der Waals surface area contributed by atoms with Crippen LogP contribution in [0.1, 0.15) is 136 Å². The number of aliphatic carboxylic acids is 1. The Morgan fingerprint density at radius 3 is 1.72 bits per heavy atom. The van der Waals surface area contributed by atoms with Crippen LogP contribution < -0.4 is 0 Å². The van der Waals surface area contributed by atoms with Gasteiger partial charge in [0.1, 0.15) is 6.61 Å². The smallest absolute Gasteiger partial charge is 0.362 e. The molecule has 1 N–H and O–H groups in total. The van der Waals surface area contributed by atoms with Gasteiger partial charge in [-0.15, -0.1) is 0 Å². The summed E-state index contributed by atoms with van der Waals surface area (Å²) in [4.78, 5) is 36.8. The molecule has 0 saturated carbocycles. The molecule has 0 aromatic heterocycles. The third-order valence-corrected chi connectivity index (χ3v) is 8.25. The highest BCUT2D eigenvalue weighted by atomic mass is 16.6. The normalized spacial score (nSPS) is 13.7. The molecule has 0 aliphatic heterocycles. The monoisotopic (exact) mass is 703 g/mol. The van der Waals surface area contributed by atoms with Crippen LogP contribution in [0.3, 0.4) is 0 Å². The number of allylic oxidation sites excluding steroid dienone is 10. The van der Waals surface area contributed by atoms with E-state index < -0.39 is 18.1 Å². The van der Waals surface area contributed by atoms with E-state index in [1.165, 1.54) is 25.7 Å². The minimum absolute atomic E-state index is 0.0459. The Kier molecular flexibility index (Phi) is 31.2. The zero-order valence-electron chi connectivity index (χ0n) is 32.3. The number of hydrogen-bond acceptors (Lipinski definition) is 6. The van der Waals surface area contributed by atoms with Crippen LogP contribution in [-0.4, -0.2) is 80.6 Å². The van der Waals surface area contributed by atoms with Crippen LogP contribution in [0.5, 0.6) is 0 Å². The highest BCUT2D eigenvalue weighted by Gasteiger charge is 2.31. The number of ether oxygens (including phenoxy) is 3. The number of hydrogen-bond donors (Lipinski definition) is 1. The van der Waals surface area contributed by atoms with Crippen molar-refractivity contribution in [1.29, 1.82) is 0 Å². The van der Waals surface area contributed by atoms with Crippen molar-refractivity contribution in [2.75, 3.05) is 41.0 Å². The van der Waals surface area contributed by atoms with Crippen molar-refractivity contribution in [2.24, 2.45) is 0 Å². The van der Waals surface area contributed by atoms with E-state index in [2.05, 4.69) is 44.2 Å². The number of nitrogens with zero attached hydrogens (tertiary/aromatic N) is 1. The van der Waals surface area contributed by atoms with Gasteiger partial charge in [0.2, 0.25) is 0 Å². The summed E-state index contributed by atoms with van der Waals surface area (Å²) in [5.74, 6) is -1.52. The Morgan fingerprint density at radius 1 is 0.620 bits per heavy atom. The van der Waals surface area contributed by atoms with Gasteiger partial charge >= 0.3 is 17.9 Å². The summed E-state index contributed by atoms with van der Waals surface area (Å²) >= 11 is 0. The average Bonchev–Trinajstić information content (AvgIpc) is 3.06. The number of carboxylic acid groups (broad SMARTS) is 1. The summed E-state index contributed by atoms with van der Waals surface area (Å²) in [5.41, 5.74) is 0. The fraction of sp³-hybridized carbons (Fsp3) is 0.690. The van der Waals surface area contributed by atoms with Crippen LogP contribution in [-0.2, 0) is 28.6 Å². The molecule has 0 heterocycles. The van der Waals surface area contributed by atoms with Gasteiger partial charge in [-0.05, 0) is 51.4 Å². The maximum Gasteiger partial charge on any atom is 0.362 e. The van der Waals surface area contributed by atoms with Gasteiger partial charge in [0.15, 0.2) is 12.1 Å². The molecule has 286 valence electrons. The van der Waals surface area contributed by atoms with Crippen molar-refractivity contribution in [2.45, 2.75) is 148 Å². The van der Waals surface area contributed by atoms with Crippen LogP contribution in [0.4, 0.5) is 0 Å². The summed E-state index contributed by atoms with van der Waals surface area (Å²) in [6, 6.07) is -0.621. The Morgan fingerprint density at radius 2 is 1.14 bits per heavy atom. The van der Waals surface area contributed by atoms with Gasteiger partial charge in [-0.3, -0.25) is 9.59 Å². The summed E-state index contributed by atoms with van der Waals surface area (Å²) in [7, 11) is 5.50. The first kappa shape index (κ1) is 47.0. The number of likely N-dealkylation sites (N-methyl/N-ethyl adjacent to an activating group) is 1. The topological polar surface area (TPSA) is 99.1 Å². The number of quaternary nitrogens is 1. The third-order valence-electron chi connectivity index (χ3n) is 8.25. The summed E-state index contributed by atoms with van der Waals surface area (Å²) in [6.07, 6.45) is 38.3. The van der Waals surface area contributed by atoms with Crippen LogP contribution in [0.15, 0.2) is 60.8 Å². The number of carboxylic acids is 1. The maximum absolute atomic E-state index is 12.7. The molecule has 0 aromatic carbocycles. The second-order valence-electron chi connectivity index (χ2n) is 13.9. The molecule has 0 fully saturated rings. The van der Waals surface area contributed by atoms with Crippen LogP contribution in [0.2, 0.25) is 0 Å². The second-order valence-corrected chi connectivity index (χ2v) is 13.9. The molecule has 8 heteroatoms. The van der Waals surface area contributed by atoms with Crippen molar-refractivity contribution >= 4 is 17.9 Å². The number of unbranched alkanes of at least 4 members (excludes halogenated alkanes) is 12. The molecular formula is C42H72NO7+. The van der Waals surface area contributed by atoms with Crippen LogP contribution in [0, 0.1) is 0 Å². The first-order valence-corrected chi connectivity index (χ1v) is 19.4. The predicted molar refractivity (Wildman–Crippen MR) is 206 cm³/mol. The van der Waals surface area contributed by atoms with Gasteiger partial charge in [-0.25, -0.2) is 4.79 Å². The van der Waals surface area contributed by atoms with Crippen LogP contribution in [0.25, 0.3) is 0 Å². The van der Waals surface area contributed by atoms with Crippen molar-refractivity contribution in [3.63, 3.8) is 0 Å². The van der Waals surface area contributed by atoms with E-state index in [0.29, 0.717) is 19.3 Å². The zero-order chi connectivity index (χ0) is 37.1. The Balaban J connectivity index is 4.49. The molecule has 0 aliphatic rings. The second kappa shape index (κ2) is 33.2. The first-order valence-electron chi connectivity index (χ1n) is 19.4. The van der Waals surface area contributed by atoms with Gasteiger partial charge in [0.25, 0.3) is 0 Å². The van der Waals surface area contributed by atoms with E-state index in [-0.39, 0.29) is 36.2 Å². The highest BCUT2D eigenvalue weighted by Crippen LogP contribution is 2.12. The number of carbonyl (C=O) groups excluding carboxylic acids is 2. The quantitative estimate of drug-likeness (QED) is 0.0239. The minimum atomic E-state index is -0.884. The van der Waals surface area contributed by atoms with E-state index in [0.717, 1.165) is 77.0 Å². The molecule has 0 spiro atoms. The fourth-order valence-corrected chi connectivity index (χ4v) is 5.20. The summed E-state index contributed by atoms with van der Waals surface area (Å²) in [6.45, 7) is 4.50. The van der Waals surface area contributed by atoms with Crippen molar-refractivity contribution < 1.29 is 38.2 Å². The third kappa shape index (κ3) is 31.0. The molecule has 0 bridgehead atoms. The van der Waals surface area contributed by atoms with E-state index in [4.69, 9.17) is 14.2 Å². The van der Waals surface area contributed by atoms with Gasteiger partial charge < -0.3 is 23.8 Å². The molecule has 2 atom stereocenters. The minimum Gasteiger partial charge on any atom is -0.477 e. The average molecular weight is 703 g/mol. The van der Waals surface area contributed by atoms with E-state index in [1.807, 2.05) is 51.5 Å². The molecular weight excluding hydrogens is 630 g/mol. The zero-order valence-corrected chi connectivity index (χ0v) is 32.3. The molecule has 8 nitrogen and oxygen atoms in total. The number of esters is 2. The molecule has 0 saturated heterocycles. The molecule has 0 amide bonds. The Bertz CT molecular complexity index is 1010. The predicted octanol–water partition coefficient (Wildman–Crippen LogP) is 9.85. The van der Waals surface area contributed by atoms with Gasteiger partial charge in [0, 0.05) is 19.3 Å². The SMILES string of the molecule is CC/C=C/C=C/C=C/C=C/CCCCCCCC(=O)OC(COCCC(C(=O)O)[N+](C)(C)C)COC(=O)CCCCCCC/C=C/CCCC. The lowest BCUT2D eigenvalue weighted by atomic mass is 10.1. The summed E-state index contributed by atoms with van der Waals surface area (Å²) in [5, 5.41) is 9.58. The number of rotatable bonds is 33. The Labute approximate surface area is 305 Å². The van der Waals surface area contributed by atoms with Gasteiger partial charge in [-0.2, -0.15) is 0 Å². The van der Waals surface area contributed by atoms with Gasteiger partial charge in [0.05, 0.1) is 34.4 Å². The largest absolute Gasteiger partial charge is 0.477 e. The molecule has 0 radical (unpaired) electrons. The first-order chi connectivity index (χ1) is 24.1. The lowest BCUT2D eigenvalue weighted by molar-refractivity contribution is -0.887. The molecule has 2 unspecified atom stereocenters. The standard InChI is InChI=1S/C42H71NO7/c1-6-8-10-12-14-16-18-19-20-21-23-25-27-29-31-33-41(45)50-38(36-48-35-34-39(42(46)47)43(3,4)5)37-49-40(44)32-30-28-26-24-22-17-15-13-11-9-7-2/h8,10,12-16,18-20,38-39H,6-7,9,11,17,21-37H2,1-5H3/p+1/b10-8+,14-12+,15-13+,18-16+,20-19+. The molecule has 0 rings (SSSR count). The molecule has 0 aliphatic carbocycles. The van der Waals surface area contributed by atoms with Crippen LogP contribution >= 0.6 is 0 Å². The Hall–Kier alpha value is -2.97. The van der Waals surface area contributed by atoms with E-state index in [1.54, 1.807) is 0 Å². The van der Waals surface area contributed by atoms with E-state index in [9.17, 15) is 19.5 Å². The van der Waals surface area contributed by atoms with Crippen molar-refractivity contribution in [3.8, 4) is 0 Å². The van der Waals surface area contributed by atoms with Gasteiger partial charge in [-0.1, -0.05) is 126 Å². The maximum atomic E-state index is 12.7. The molecule has 0 aromatic rings. The van der Waals surface area contributed by atoms with Crippen molar-refractivity contribution in [1.82, 2.24) is 0 Å². The lowest BCUT2D eigenvalue weighted by Gasteiger charge is -2.31. The lowest BCUT2D eigenvalue weighted by Crippen LogP contribution is -2.50. The fourth-order valence-electron chi connectivity index (χ4n) is 5.20. The molecule has 50 heavy (non-hydrogen) atoms. The van der Waals surface area contributed by atoms with E-state index >= 15 is 0 Å². The van der Waals surface area contributed by atoms with Crippen molar-refractivity contribution in [3.05, 3.63) is 60.8 Å². The highest BCUT2D eigenvalue weighted by molar-refractivity contribution is 5.72. The number of carbonyl (C=O) groups is 3.